The van der Waals surface area contributed by atoms with Gasteiger partial charge in [0.05, 0.1) is 27.1 Å². The molecular weight excluding hydrogens is 369 g/mol. The molecule has 26 heavy (non-hydrogen) atoms. The van der Waals surface area contributed by atoms with Crippen molar-refractivity contribution >= 4 is 15.5 Å². The molecule has 0 fully saturated rings. The smallest absolute Gasteiger partial charge is 0.303 e. The maximum atomic E-state index is 12.8. The minimum Gasteiger partial charge on any atom is -0.303 e. The zero-order valence-electron chi connectivity index (χ0n) is 13.4. The number of hydrogen-bond acceptors (Lipinski definition) is 6. The topological polar surface area (TPSA) is 108 Å². The Labute approximate surface area is 147 Å². The molecule has 0 bridgehead atoms. The molecule has 0 saturated carbocycles. The molecule has 1 heterocycles. The number of alkyl halides is 3. The van der Waals surface area contributed by atoms with Crippen LogP contribution in [-0.4, -0.2) is 29.3 Å². The number of rotatable bonds is 5. The first kappa shape index (κ1) is 19.5. The van der Waals surface area contributed by atoms with Crippen LogP contribution in [0.5, 0.6) is 0 Å². The largest absolute Gasteiger partial charge is 0.416 e. The molecule has 0 spiro atoms. The molecule has 0 aliphatic rings. The molecule has 0 amide bonds. The fourth-order valence-electron chi connectivity index (χ4n) is 2.16. The highest BCUT2D eigenvalue weighted by Crippen LogP contribution is 2.31. The molecule has 0 saturated heterocycles. The first-order chi connectivity index (χ1) is 12.1. The van der Waals surface area contributed by atoms with E-state index in [9.17, 15) is 21.6 Å². The van der Waals surface area contributed by atoms with Crippen LogP contribution >= 0.6 is 0 Å². The van der Waals surface area contributed by atoms with E-state index in [2.05, 4.69) is 9.97 Å². The van der Waals surface area contributed by atoms with Crippen molar-refractivity contribution in [2.75, 3.05) is 0 Å². The van der Waals surface area contributed by atoms with Gasteiger partial charge in [-0.2, -0.15) is 18.4 Å². The lowest BCUT2D eigenvalue weighted by atomic mass is 10.1. The van der Waals surface area contributed by atoms with Gasteiger partial charge in [-0.05, 0) is 31.2 Å². The summed E-state index contributed by atoms with van der Waals surface area (Å²) in [6, 6.07) is 6.54. The van der Waals surface area contributed by atoms with Crippen molar-refractivity contribution in [2.24, 2.45) is 0 Å². The Morgan fingerprint density at radius 1 is 1.35 bits per heavy atom. The SMILES string of the molecule is C[C@@H](CC(=N)c1ccnc(C#N)n1)S(=O)(=O)c1cccc(C(F)(F)F)c1. The summed E-state index contributed by atoms with van der Waals surface area (Å²) in [6.45, 7) is 1.30. The number of nitrogens with one attached hydrogen (secondary N) is 1. The molecule has 2 aromatic rings. The predicted molar refractivity (Wildman–Crippen MR) is 86.3 cm³/mol. The van der Waals surface area contributed by atoms with Gasteiger partial charge in [-0.3, -0.25) is 0 Å². The van der Waals surface area contributed by atoms with Crippen molar-refractivity contribution in [1.82, 2.24) is 9.97 Å². The molecule has 0 aliphatic heterocycles. The van der Waals surface area contributed by atoms with Crippen molar-refractivity contribution < 1.29 is 21.6 Å². The summed E-state index contributed by atoms with van der Waals surface area (Å²) >= 11 is 0. The number of hydrogen-bond donors (Lipinski definition) is 1. The summed E-state index contributed by atoms with van der Waals surface area (Å²) in [4.78, 5) is 7.00. The summed E-state index contributed by atoms with van der Waals surface area (Å²) in [5, 5.41) is 15.6. The second-order valence-corrected chi connectivity index (χ2v) is 7.81. The highest BCUT2D eigenvalue weighted by Gasteiger charge is 2.33. The standard InChI is InChI=1S/C16H13F3N4O2S/c1-10(7-13(21)14-5-6-22-15(9-20)23-14)26(24,25)12-4-2-3-11(8-12)16(17,18)19/h2-6,8,10,21H,7H2,1H3/t10-/m0/s1. The average molecular weight is 382 g/mol. The van der Waals surface area contributed by atoms with Gasteiger partial charge in [0.25, 0.3) is 0 Å². The Morgan fingerprint density at radius 2 is 2.04 bits per heavy atom. The quantitative estimate of drug-likeness (QED) is 0.800. The lowest BCUT2D eigenvalue weighted by molar-refractivity contribution is -0.137. The van der Waals surface area contributed by atoms with Gasteiger partial charge < -0.3 is 5.41 Å². The van der Waals surface area contributed by atoms with E-state index in [-0.39, 0.29) is 23.7 Å². The molecule has 0 unspecified atom stereocenters. The lowest BCUT2D eigenvalue weighted by Gasteiger charge is -2.15. The molecule has 1 aromatic carbocycles. The minimum atomic E-state index is -4.66. The third-order valence-electron chi connectivity index (χ3n) is 3.58. The van der Waals surface area contributed by atoms with Crippen LogP contribution in [0.2, 0.25) is 0 Å². The number of sulfone groups is 1. The Balaban J connectivity index is 2.27. The van der Waals surface area contributed by atoms with E-state index in [0.717, 1.165) is 18.2 Å². The van der Waals surface area contributed by atoms with E-state index in [1.54, 1.807) is 6.07 Å². The molecule has 136 valence electrons. The molecule has 1 atom stereocenters. The summed E-state index contributed by atoms with van der Waals surface area (Å²) in [5.74, 6) is -0.166. The van der Waals surface area contributed by atoms with Crippen LogP contribution < -0.4 is 0 Å². The Hall–Kier alpha value is -2.80. The molecule has 0 aliphatic carbocycles. The second kappa shape index (κ2) is 7.21. The second-order valence-electron chi connectivity index (χ2n) is 5.44. The van der Waals surface area contributed by atoms with Gasteiger partial charge in [0, 0.05) is 12.6 Å². The first-order valence-corrected chi connectivity index (χ1v) is 8.82. The number of nitriles is 1. The van der Waals surface area contributed by atoms with Gasteiger partial charge in [0.15, 0.2) is 9.84 Å². The van der Waals surface area contributed by atoms with Crippen LogP contribution in [0.3, 0.4) is 0 Å². The van der Waals surface area contributed by atoms with Crippen molar-refractivity contribution in [3.63, 3.8) is 0 Å². The van der Waals surface area contributed by atoms with E-state index in [4.69, 9.17) is 10.7 Å². The number of halogens is 3. The summed E-state index contributed by atoms with van der Waals surface area (Å²) in [6.07, 6.45) is -3.67. The summed E-state index contributed by atoms with van der Waals surface area (Å²) in [5.41, 5.74) is -1.13. The molecular formula is C16H13F3N4O2S. The van der Waals surface area contributed by atoms with E-state index in [1.807, 2.05) is 0 Å². The van der Waals surface area contributed by atoms with E-state index >= 15 is 0 Å². The van der Waals surface area contributed by atoms with Crippen molar-refractivity contribution in [1.29, 1.82) is 10.7 Å². The third kappa shape index (κ3) is 4.23. The molecule has 10 heteroatoms. The summed E-state index contributed by atoms with van der Waals surface area (Å²) < 4.78 is 63.5. The Morgan fingerprint density at radius 3 is 2.65 bits per heavy atom. The summed E-state index contributed by atoms with van der Waals surface area (Å²) in [7, 11) is -4.09. The average Bonchev–Trinajstić information content (AvgIpc) is 2.61. The zero-order chi connectivity index (χ0) is 19.5. The first-order valence-electron chi connectivity index (χ1n) is 7.28. The van der Waals surface area contributed by atoms with E-state index < -0.39 is 31.7 Å². The Bertz CT molecular complexity index is 981. The molecule has 1 aromatic heterocycles. The monoisotopic (exact) mass is 382 g/mol. The van der Waals surface area contributed by atoms with Crippen LogP contribution in [-0.2, 0) is 16.0 Å². The van der Waals surface area contributed by atoms with Gasteiger partial charge >= 0.3 is 6.18 Å². The Kier molecular flexibility index (Phi) is 5.41. The van der Waals surface area contributed by atoms with Crippen LogP contribution in [0.1, 0.15) is 30.4 Å². The van der Waals surface area contributed by atoms with Crippen LogP contribution in [0.25, 0.3) is 0 Å². The molecule has 2 rings (SSSR count). The fourth-order valence-corrected chi connectivity index (χ4v) is 3.57. The third-order valence-corrected chi connectivity index (χ3v) is 5.71. The highest BCUT2D eigenvalue weighted by atomic mass is 32.2. The number of nitrogens with zero attached hydrogens (tertiary/aromatic N) is 3. The maximum absolute atomic E-state index is 12.8. The number of aromatic nitrogens is 2. The van der Waals surface area contributed by atoms with Crippen LogP contribution in [0, 0.1) is 16.7 Å². The van der Waals surface area contributed by atoms with E-state index in [0.29, 0.717) is 6.07 Å². The van der Waals surface area contributed by atoms with Crippen molar-refractivity contribution in [2.45, 2.75) is 29.7 Å². The molecule has 6 nitrogen and oxygen atoms in total. The van der Waals surface area contributed by atoms with Gasteiger partial charge in [0.1, 0.15) is 6.07 Å². The van der Waals surface area contributed by atoms with Crippen molar-refractivity contribution in [3.8, 4) is 6.07 Å². The zero-order valence-corrected chi connectivity index (χ0v) is 14.3. The fraction of sp³-hybridized carbons (Fsp3) is 0.250. The molecule has 1 N–H and O–H groups in total. The van der Waals surface area contributed by atoms with Gasteiger partial charge in [-0.15, -0.1) is 0 Å². The van der Waals surface area contributed by atoms with Gasteiger partial charge in [-0.1, -0.05) is 6.07 Å². The molecule has 0 radical (unpaired) electrons. The van der Waals surface area contributed by atoms with Crippen molar-refractivity contribution in [3.05, 3.63) is 53.6 Å². The highest BCUT2D eigenvalue weighted by molar-refractivity contribution is 7.92. The van der Waals surface area contributed by atoms with Gasteiger partial charge in [0.2, 0.25) is 5.82 Å². The van der Waals surface area contributed by atoms with Gasteiger partial charge in [-0.25, -0.2) is 18.4 Å². The maximum Gasteiger partial charge on any atom is 0.416 e. The normalized spacial score (nSPS) is 13.0. The van der Waals surface area contributed by atoms with E-state index in [1.165, 1.54) is 19.2 Å². The van der Waals surface area contributed by atoms with Crippen LogP contribution in [0.15, 0.2) is 41.4 Å². The lowest BCUT2D eigenvalue weighted by Crippen LogP contribution is -2.23. The minimum absolute atomic E-state index is 0.0858. The number of benzene rings is 1. The predicted octanol–water partition coefficient (Wildman–Crippen LogP) is 2.99. The van der Waals surface area contributed by atoms with Crippen LogP contribution in [0.4, 0.5) is 13.2 Å².